The lowest BCUT2D eigenvalue weighted by Crippen LogP contribution is -2.65. The predicted molar refractivity (Wildman–Crippen MR) is 96.0 cm³/mol. The van der Waals surface area contributed by atoms with Gasteiger partial charge in [0.2, 0.25) is 5.91 Å². The van der Waals surface area contributed by atoms with Crippen LogP contribution in [0.1, 0.15) is 44.4 Å². The van der Waals surface area contributed by atoms with Crippen LogP contribution in [-0.4, -0.2) is 52.2 Å². The molecule has 0 aromatic carbocycles. The second kappa shape index (κ2) is 6.99. The molecule has 4 rings (SSSR count). The molecule has 1 amide bonds. The maximum absolute atomic E-state index is 12.7. The van der Waals surface area contributed by atoms with Crippen LogP contribution in [0.25, 0.3) is 0 Å². The zero-order valence-electron chi connectivity index (χ0n) is 16.2. The molecule has 0 radical (unpaired) electrons. The van der Waals surface area contributed by atoms with Gasteiger partial charge < -0.3 is 9.64 Å². The van der Waals surface area contributed by atoms with Crippen LogP contribution in [0.15, 0.2) is 18.3 Å². The van der Waals surface area contributed by atoms with E-state index in [9.17, 15) is 18.0 Å². The Labute approximate surface area is 162 Å². The number of nitrogens with zero attached hydrogens (tertiary/aromatic N) is 3. The Bertz CT molecular complexity index is 737. The molecule has 3 atom stereocenters. The van der Waals surface area contributed by atoms with E-state index in [1.54, 1.807) is 0 Å². The fourth-order valence-corrected chi connectivity index (χ4v) is 4.91. The van der Waals surface area contributed by atoms with Gasteiger partial charge in [0.25, 0.3) is 0 Å². The molecule has 1 aromatic rings. The maximum atomic E-state index is 12.7. The third-order valence-electron chi connectivity index (χ3n) is 6.43. The van der Waals surface area contributed by atoms with Crippen molar-refractivity contribution in [3.05, 3.63) is 29.6 Å². The van der Waals surface area contributed by atoms with Crippen LogP contribution in [0.4, 0.5) is 13.2 Å². The molecule has 154 valence electrons. The number of hydrogen-bond acceptors (Lipinski definition) is 4. The van der Waals surface area contributed by atoms with Crippen molar-refractivity contribution < 1.29 is 22.7 Å². The first-order chi connectivity index (χ1) is 13.2. The molecular weight excluding hydrogens is 371 g/mol. The molecular formula is C20H26F3N3O2. The van der Waals surface area contributed by atoms with Gasteiger partial charge in [0.05, 0.1) is 23.9 Å². The summed E-state index contributed by atoms with van der Waals surface area (Å²) in [4.78, 5) is 20.9. The van der Waals surface area contributed by atoms with E-state index >= 15 is 0 Å². The minimum absolute atomic E-state index is 0.124. The molecule has 0 aliphatic carbocycles. The normalized spacial score (nSPS) is 31.2. The Morgan fingerprint density at radius 1 is 1.36 bits per heavy atom. The van der Waals surface area contributed by atoms with Crippen molar-refractivity contribution in [2.45, 2.75) is 57.6 Å². The zero-order valence-corrected chi connectivity index (χ0v) is 16.2. The van der Waals surface area contributed by atoms with Gasteiger partial charge in [0.15, 0.2) is 0 Å². The molecule has 0 bridgehead atoms. The molecule has 1 aromatic heterocycles. The summed E-state index contributed by atoms with van der Waals surface area (Å²) in [5, 5.41) is 0. The second-order valence-corrected chi connectivity index (χ2v) is 8.49. The number of pyridine rings is 1. The van der Waals surface area contributed by atoms with Crippen LogP contribution in [0.3, 0.4) is 0 Å². The summed E-state index contributed by atoms with van der Waals surface area (Å²) in [6.07, 6.45) is -1.42. The lowest BCUT2D eigenvalue weighted by Gasteiger charge is -2.53. The molecule has 8 heteroatoms. The van der Waals surface area contributed by atoms with Gasteiger partial charge >= 0.3 is 6.18 Å². The quantitative estimate of drug-likeness (QED) is 0.785. The van der Waals surface area contributed by atoms with E-state index in [1.165, 1.54) is 6.07 Å². The molecule has 0 saturated carbocycles. The average molecular weight is 397 g/mol. The lowest BCUT2D eigenvalue weighted by atomic mass is 9.79. The van der Waals surface area contributed by atoms with E-state index < -0.39 is 17.5 Å². The van der Waals surface area contributed by atoms with Gasteiger partial charge in [-0.25, -0.2) is 0 Å². The Kier molecular flexibility index (Phi) is 4.90. The highest BCUT2D eigenvalue weighted by Gasteiger charge is 2.58. The highest BCUT2D eigenvalue weighted by Crippen LogP contribution is 2.47. The van der Waals surface area contributed by atoms with Crippen molar-refractivity contribution in [2.75, 3.05) is 19.7 Å². The molecule has 3 aliphatic rings. The number of ether oxygens (including phenoxy) is 1. The van der Waals surface area contributed by atoms with Crippen LogP contribution in [0.5, 0.6) is 0 Å². The van der Waals surface area contributed by atoms with Gasteiger partial charge in [-0.15, -0.1) is 0 Å². The molecule has 3 saturated heterocycles. The monoisotopic (exact) mass is 397 g/mol. The van der Waals surface area contributed by atoms with E-state index in [4.69, 9.17) is 4.74 Å². The van der Waals surface area contributed by atoms with Gasteiger partial charge in [0.1, 0.15) is 5.72 Å². The number of carbonyl (C=O) groups excluding carboxylic acids is 1. The second-order valence-electron chi connectivity index (χ2n) is 8.49. The molecule has 3 fully saturated rings. The Morgan fingerprint density at radius 3 is 2.79 bits per heavy atom. The van der Waals surface area contributed by atoms with Gasteiger partial charge in [-0.2, -0.15) is 13.2 Å². The van der Waals surface area contributed by atoms with E-state index in [2.05, 4.69) is 23.7 Å². The number of carbonyl (C=O) groups is 1. The van der Waals surface area contributed by atoms with Crippen molar-refractivity contribution in [1.82, 2.24) is 14.8 Å². The number of halogens is 3. The lowest BCUT2D eigenvalue weighted by molar-refractivity contribution is -0.193. The number of amides is 1. The summed E-state index contributed by atoms with van der Waals surface area (Å²) in [6.45, 7) is 6.82. The van der Waals surface area contributed by atoms with Gasteiger partial charge in [-0.1, -0.05) is 13.8 Å². The SMILES string of the molecule is CC(C)[C@H]1CO[C@]23CCN(Cc4ccc(C(F)(F)F)cn4)C[C@H]2CCC(=O)N13. The van der Waals surface area contributed by atoms with Crippen LogP contribution in [-0.2, 0) is 22.3 Å². The van der Waals surface area contributed by atoms with Crippen molar-refractivity contribution in [1.29, 1.82) is 0 Å². The summed E-state index contributed by atoms with van der Waals surface area (Å²) >= 11 is 0. The summed E-state index contributed by atoms with van der Waals surface area (Å²) in [5.41, 5.74) is -0.608. The first-order valence-corrected chi connectivity index (χ1v) is 9.91. The van der Waals surface area contributed by atoms with Crippen molar-refractivity contribution >= 4 is 5.91 Å². The minimum atomic E-state index is -4.37. The van der Waals surface area contributed by atoms with Gasteiger partial charge in [-0.05, 0) is 24.5 Å². The van der Waals surface area contributed by atoms with Crippen LogP contribution in [0.2, 0.25) is 0 Å². The number of alkyl halides is 3. The number of likely N-dealkylation sites (tertiary alicyclic amines) is 1. The maximum Gasteiger partial charge on any atom is 0.417 e. The zero-order chi connectivity index (χ0) is 20.1. The number of piperidine rings is 2. The minimum Gasteiger partial charge on any atom is -0.353 e. The molecule has 4 heterocycles. The number of hydrogen-bond donors (Lipinski definition) is 0. The summed E-state index contributed by atoms with van der Waals surface area (Å²) < 4.78 is 44.4. The van der Waals surface area contributed by atoms with Crippen LogP contribution >= 0.6 is 0 Å². The van der Waals surface area contributed by atoms with Crippen LogP contribution < -0.4 is 0 Å². The topological polar surface area (TPSA) is 45.7 Å². The van der Waals surface area contributed by atoms with Crippen molar-refractivity contribution in [3.63, 3.8) is 0 Å². The molecule has 28 heavy (non-hydrogen) atoms. The third kappa shape index (κ3) is 3.30. The summed E-state index contributed by atoms with van der Waals surface area (Å²) in [6, 6.07) is 2.66. The summed E-state index contributed by atoms with van der Waals surface area (Å²) in [7, 11) is 0. The Hall–Kier alpha value is -1.67. The standard InChI is InChI=1S/C20H26F3N3O2/c1-13(2)17-12-28-19-7-8-25(10-15(19)4-6-18(27)26(17)19)11-16-5-3-14(9-24-16)20(21,22)23/h3,5,9,13,15,17H,4,6-8,10-12H2,1-2H3/t15-,17-,19-/m1/s1. The van der Waals surface area contributed by atoms with Gasteiger partial charge in [-0.3, -0.25) is 14.7 Å². The van der Waals surface area contributed by atoms with E-state index in [0.717, 1.165) is 38.2 Å². The van der Waals surface area contributed by atoms with Crippen molar-refractivity contribution in [2.24, 2.45) is 11.8 Å². The Morgan fingerprint density at radius 2 is 2.14 bits per heavy atom. The van der Waals surface area contributed by atoms with E-state index in [-0.39, 0.29) is 17.9 Å². The predicted octanol–water partition coefficient (Wildman–Crippen LogP) is 3.30. The Balaban J connectivity index is 1.46. The fraction of sp³-hybridized carbons (Fsp3) is 0.700. The van der Waals surface area contributed by atoms with Crippen LogP contribution in [0, 0.1) is 11.8 Å². The highest BCUT2D eigenvalue weighted by atomic mass is 19.4. The van der Waals surface area contributed by atoms with E-state index in [0.29, 0.717) is 31.2 Å². The highest BCUT2D eigenvalue weighted by molar-refractivity contribution is 5.78. The third-order valence-corrected chi connectivity index (χ3v) is 6.43. The summed E-state index contributed by atoms with van der Waals surface area (Å²) in [5.74, 6) is 0.749. The molecule has 0 unspecified atom stereocenters. The fourth-order valence-electron chi connectivity index (χ4n) is 4.91. The molecule has 1 spiro atoms. The first-order valence-electron chi connectivity index (χ1n) is 9.91. The van der Waals surface area contributed by atoms with Crippen molar-refractivity contribution in [3.8, 4) is 0 Å². The average Bonchev–Trinajstić information content (AvgIpc) is 3.03. The molecule has 0 N–H and O–H groups in total. The molecule has 5 nitrogen and oxygen atoms in total. The first kappa shape index (κ1) is 19.6. The number of aromatic nitrogens is 1. The van der Waals surface area contributed by atoms with Gasteiger partial charge in [0, 0.05) is 44.6 Å². The smallest absolute Gasteiger partial charge is 0.353 e. The number of rotatable bonds is 3. The van der Waals surface area contributed by atoms with E-state index in [1.807, 2.05) is 4.90 Å². The largest absolute Gasteiger partial charge is 0.417 e. The molecule has 3 aliphatic heterocycles.